The monoisotopic (exact) mass is 395 g/mol. The lowest BCUT2D eigenvalue weighted by molar-refractivity contribution is 0.216. The van der Waals surface area contributed by atoms with Gasteiger partial charge in [0.1, 0.15) is 23.7 Å². The summed E-state index contributed by atoms with van der Waals surface area (Å²) in [5, 5.41) is 14.2. The highest BCUT2D eigenvalue weighted by molar-refractivity contribution is 7.98. The SMILES string of the molecule is Cc1cccc(C)c1COc1ccc(-c2cnn(C3=CC(O)N[S+]3[O-])c2)cc1. The van der Waals surface area contributed by atoms with Gasteiger partial charge in [0.2, 0.25) is 0 Å². The first-order chi connectivity index (χ1) is 13.5. The van der Waals surface area contributed by atoms with E-state index in [0.717, 1.165) is 16.9 Å². The number of rotatable bonds is 5. The molecule has 7 heteroatoms. The van der Waals surface area contributed by atoms with Crippen molar-refractivity contribution in [3.05, 3.63) is 77.6 Å². The third kappa shape index (κ3) is 3.83. The van der Waals surface area contributed by atoms with Crippen molar-refractivity contribution in [1.82, 2.24) is 14.5 Å². The number of aromatic nitrogens is 2. The van der Waals surface area contributed by atoms with E-state index in [1.165, 1.54) is 27.4 Å². The fourth-order valence-corrected chi connectivity index (χ4v) is 4.06. The van der Waals surface area contributed by atoms with Crippen LogP contribution in [0.3, 0.4) is 0 Å². The Morgan fingerprint density at radius 3 is 2.50 bits per heavy atom. The molecule has 0 bridgehead atoms. The first kappa shape index (κ1) is 18.8. The van der Waals surface area contributed by atoms with Gasteiger partial charge in [-0.15, -0.1) is 4.72 Å². The summed E-state index contributed by atoms with van der Waals surface area (Å²) in [5.41, 5.74) is 5.52. The smallest absolute Gasteiger partial charge is 0.267 e. The predicted octanol–water partition coefficient (Wildman–Crippen LogP) is 3.13. The van der Waals surface area contributed by atoms with Gasteiger partial charge in [0.05, 0.1) is 6.20 Å². The molecule has 4 rings (SSSR count). The van der Waals surface area contributed by atoms with Gasteiger partial charge in [-0.2, -0.15) is 9.78 Å². The minimum absolute atomic E-state index is 0.423. The second-order valence-corrected chi connectivity index (χ2v) is 7.88. The maximum atomic E-state index is 11.9. The van der Waals surface area contributed by atoms with Crippen LogP contribution in [0.4, 0.5) is 0 Å². The largest absolute Gasteiger partial charge is 0.592 e. The van der Waals surface area contributed by atoms with Crippen LogP contribution >= 0.6 is 0 Å². The molecule has 0 spiro atoms. The van der Waals surface area contributed by atoms with E-state index in [0.29, 0.717) is 11.6 Å². The molecular weight excluding hydrogens is 374 g/mol. The van der Waals surface area contributed by atoms with Crippen LogP contribution in [0.2, 0.25) is 0 Å². The molecule has 2 unspecified atom stereocenters. The standard InChI is InChI=1S/C21H21N3O3S/c1-14-4-3-5-15(2)19(14)13-27-18-8-6-16(7-9-18)17-11-22-24(12-17)21-10-20(25)23-28(21)26/h3-12,20,23,25H,13H2,1-2H3. The van der Waals surface area contributed by atoms with Crippen LogP contribution in [0.1, 0.15) is 16.7 Å². The number of ether oxygens (including phenoxy) is 1. The highest BCUT2D eigenvalue weighted by atomic mass is 32.2. The van der Waals surface area contributed by atoms with E-state index in [2.05, 4.69) is 41.9 Å². The topological polar surface area (TPSA) is 82.4 Å². The lowest BCUT2D eigenvalue weighted by Gasteiger charge is -2.11. The first-order valence-corrected chi connectivity index (χ1v) is 10.1. The summed E-state index contributed by atoms with van der Waals surface area (Å²) in [6, 6.07) is 14.0. The van der Waals surface area contributed by atoms with E-state index >= 15 is 0 Å². The maximum Gasteiger partial charge on any atom is 0.267 e. The van der Waals surface area contributed by atoms with Gasteiger partial charge in [-0.05, 0) is 48.2 Å². The Bertz CT molecular complexity index is 994. The van der Waals surface area contributed by atoms with E-state index < -0.39 is 17.6 Å². The Labute approximate surface area is 166 Å². The summed E-state index contributed by atoms with van der Waals surface area (Å²) in [6.07, 6.45) is 4.06. The van der Waals surface area contributed by atoms with Gasteiger partial charge in [-0.25, -0.2) is 0 Å². The van der Waals surface area contributed by atoms with E-state index in [1.807, 2.05) is 24.3 Å². The van der Waals surface area contributed by atoms with Crippen molar-refractivity contribution in [3.63, 3.8) is 0 Å². The van der Waals surface area contributed by atoms with Crippen LogP contribution in [-0.2, 0) is 18.0 Å². The molecule has 0 saturated carbocycles. The predicted molar refractivity (Wildman–Crippen MR) is 109 cm³/mol. The Morgan fingerprint density at radius 2 is 1.86 bits per heavy atom. The number of hydrogen-bond donors (Lipinski definition) is 2. The quantitative estimate of drug-likeness (QED) is 0.649. The Kier molecular flexibility index (Phi) is 5.23. The summed E-state index contributed by atoms with van der Waals surface area (Å²) in [5.74, 6) is 0.797. The molecule has 0 saturated heterocycles. The average molecular weight is 395 g/mol. The molecule has 2 heterocycles. The highest BCUT2D eigenvalue weighted by Crippen LogP contribution is 2.26. The molecule has 2 aromatic carbocycles. The van der Waals surface area contributed by atoms with Gasteiger partial charge >= 0.3 is 0 Å². The second-order valence-electron chi connectivity index (χ2n) is 6.69. The van der Waals surface area contributed by atoms with E-state index in [9.17, 15) is 9.66 Å². The molecule has 2 atom stereocenters. The number of aliphatic hydroxyl groups excluding tert-OH is 1. The molecule has 28 heavy (non-hydrogen) atoms. The Morgan fingerprint density at radius 1 is 1.14 bits per heavy atom. The van der Waals surface area contributed by atoms with Gasteiger partial charge in [0, 0.05) is 17.8 Å². The first-order valence-electron chi connectivity index (χ1n) is 8.92. The summed E-state index contributed by atoms with van der Waals surface area (Å²) in [4.78, 5) is 0. The van der Waals surface area contributed by atoms with Gasteiger partial charge in [-0.1, -0.05) is 30.3 Å². The molecule has 1 aliphatic heterocycles. The number of nitrogens with zero attached hydrogens (tertiary/aromatic N) is 2. The van der Waals surface area contributed by atoms with E-state index in [-0.39, 0.29) is 0 Å². The molecule has 1 aliphatic rings. The fourth-order valence-electron chi connectivity index (χ4n) is 3.13. The highest BCUT2D eigenvalue weighted by Gasteiger charge is 2.29. The number of benzene rings is 2. The molecule has 3 aromatic rings. The molecule has 1 aromatic heterocycles. The summed E-state index contributed by atoms with van der Waals surface area (Å²) in [6.45, 7) is 4.71. The third-order valence-electron chi connectivity index (χ3n) is 4.74. The van der Waals surface area contributed by atoms with Gasteiger partial charge in [-0.3, -0.25) is 0 Å². The third-order valence-corrected chi connectivity index (χ3v) is 5.90. The van der Waals surface area contributed by atoms with Gasteiger partial charge in [0.25, 0.3) is 5.03 Å². The van der Waals surface area contributed by atoms with Gasteiger partial charge in [0.15, 0.2) is 6.23 Å². The lowest BCUT2D eigenvalue weighted by atomic mass is 10.0. The van der Waals surface area contributed by atoms with Crippen LogP contribution in [0, 0.1) is 13.8 Å². The zero-order chi connectivity index (χ0) is 19.7. The average Bonchev–Trinajstić information content (AvgIpc) is 3.28. The van der Waals surface area contributed by atoms with Crippen molar-refractivity contribution >= 4 is 16.4 Å². The molecule has 144 valence electrons. The molecule has 0 amide bonds. The summed E-state index contributed by atoms with van der Waals surface area (Å²) in [7, 11) is 0. The van der Waals surface area contributed by atoms with Crippen LogP contribution in [0.15, 0.2) is 60.9 Å². The van der Waals surface area contributed by atoms with Crippen molar-refractivity contribution in [2.75, 3.05) is 0 Å². The Balaban J connectivity index is 1.46. The van der Waals surface area contributed by atoms with E-state index in [4.69, 9.17) is 4.74 Å². The molecule has 6 nitrogen and oxygen atoms in total. The molecule has 0 aliphatic carbocycles. The zero-order valence-corrected chi connectivity index (χ0v) is 16.4. The zero-order valence-electron chi connectivity index (χ0n) is 15.6. The van der Waals surface area contributed by atoms with Crippen molar-refractivity contribution < 1.29 is 14.4 Å². The van der Waals surface area contributed by atoms with Crippen LogP contribution in [-0.4, -0.2) is 25.7 Å². The lowest BCUT2D eigenvalue weighted by Crippen LogP contribution is -2.27. The molecule has 0 radical (unpaired) electrons. The van der Waals surface area contributed by atoms with Crippen LogP contribution in [0.5, 0.6) is 5.75 Å². The number of aliphatic hydroxyl groups is 1. The Hall–Kier alpha value is -2.58. The normalized spacial score (nSPS) is 18.9. The fraction of sp³-hybridized carbons (Fsp3) is 0.190. The van der Waals surface area contributed by atoms with Crippen molar-refractivity contribution in [1.29, 1.82) is 0 Å². The van der Waals surface area contributed by atoms with E-state index in [1.54, 1.807) is 12.4 Å². The summed E-state index contributed by atoms with van der Waals surface area (Å²) < 4.78 is 21.9. The van der Waals surface area contributed by atoms with Crippen LogP contribution < -0.4 is 9.46 Å². The van der Waals surface area contributed by atoms with Crippen molar-refractivity contribution in [3.8, 4) is 16.9 Å². The minimum Gasteiger partial charge on any atom is -0.592 e. The summed E-state index contributed by atoms with van der Waals surface area (Å²) >= 11 is -1.47. The molecule has 2 N–H and O–H groups in total. The second kappa shape index (κ2) is 7.81. The maximum absolute atomic E-state index is 11.9. The number of nitrogens with one attached hydrogen (secondary N) is 1. The van der Waals surface area contributed by atoms with Crippen molar-refractivity contribution in [2.45, 2.75) is 26.7 Å². The number of aryl methyl sites for hydroxylation is 2. The molecular formula is C21H21N3O3S. The number of hydrogen-bond acceptors (Lipinski definition) is 5. The van der Waals surface area contributed by atoms with Gasteiger partial charge < -0.3 is 14.4 Å². The molecule has 0 fully saturated rings. The minimum atomic E-state index is -1.47. The van der Waals surface area contributed by atoms with Crippen LogP contribution in [0.25, 0.3) is 16.2 Å². The van der Waals surface area contributed by atoms with Crippen molar-refractivity contribution in [2.24, 2.45) is 0 Å².